The summed E-state index contributed by atoms with van der Waals surface area (Å²) in [4.78, 5) is 48.8. The molecule has 0 aromatic heterocycles. The summed E-state index contributed by atoms with van der Waals surface area (Å²) in [5.74, 6) is -2.73. The Labute approximate surface area is 268 Å². The molecule has 3 amide bonds. The summed E-state index contributed by atoms with van der Waals surface area (Å²) in [6.45, 7) is 7.72. The van der Waals surface area contributed by atoms with E-state index in [4.69, 9.17) is 16.3 Å². The number of hydrogen-bond acceptors (Lipinski definition) is 5. The van der Waals surface area contributed by atoms with Gasteiger partial charge in [0, 0.05) is 29.5 Å². The average Bonchev–Trinajstić information content (AvgIpc) is 3.71. The van der Waals surface area contributed by atoms with Crippen LogP contribution in [-0.4, -0.2) is 65.2 Å². The summed E-state index contributed by atoms with van der Waals surface area (Å²) in [6, 6.07) is 23.4. The molecule has 3 aromatic carbocycles. The van der Waals surface area contributed by atoms with E-state index < -0.39 is 42.2 Å². The van der Waals surface area contributed by atoms with Crippen LogP contribution in [0.25, 0.3) is 0 Å². The average molecular weight is 626 g/mol. The lowest BCUT2D eigenvalue weighted by atomic mass is 9.70. The van der Waals surface area contributed by atoms with Crippen molar-refractivity contribution in [1.29, 1.82) is 0 Å². The maximum atomic E-state index is 14.9. The van der Waals surface area contributed by atoms with Crippen LogP contribution >= 0.6 is 11.6 Å². The van der Waals surface area contributed by atoms with E-state index in [1.54, 1.807) is 46.2 Å². The van der Waals surface area contributed by atoms with E-state index in [1.165, 1.54) is 4.90 Å². The topological polar surface area (TPSA) is 90.4 Å². The second-order valence-corrected chi connectivity index (χ2v) is 12.1. The highest BCUT2D eigenvalue weighted by Crippen LogP contribution is 2.60. The highest BCUT2D eigenvalue weighted by molar-refractivity contribution is 6.30. The summed E-state index contributed by atoms with van der Waals surface area (Å²) in [5.41, 5.74) is 0.688. The van der Waals surface area contributed by atoms with Gasteiger partial charge in [0.15, 0.2) is 0 Å². The lowest BCUT2D eigenvalue weighted by molar-refractivity contribution is -0.144. The number of nitrogens with zero attached hydrogens (tertiary/aromatic N) is 3. The number of fused-ring (bicyclic) bond motifs is 1. The lowest BCUT2D eigenvalue weighted by Crippen LogP contribution is -2.57. The SMILES string of the molecule is C=CCN(C(=O)C1N([C@H](CO)c2ccccc2)C(=O)[C@@H]2[C@@H](C(=O)N(CC=C)c3ccccc3)[C@H]3CCC12O3)c1ccc(Cl)cc1. The molecule has 6 atom stereocenters. The highest BCUT2D eigenvalue weighted by atomic mass is 35.5. The van der Waals surface area contributed by atoms with E-state index >= 15 is 0 Å². The van der Waals surface area contributed by atoms with Crippen molar-refractivity contribution in [2.45, 2.75) is 36.6 Å². The largest absolute Gasteiger partial charge is 0.394 e. The Hall–Kier alpha value is -4.24. The first-order valence-corrected chi connectivity index (χ1v) is 15.5. The molecule has 3 heterocycles. The molecule has 9 heteroatoms. The van der Waals surface area contributed by atoms with Crippen LogP contribution in [0.4, 0.5) is 11.4 Å². The number of rotatable bonds is 11. The molecular formula is C36H36ClN3O5. The molecule has 3 aliphatic rings. The number of para-hydroxylation sites is 1. The van der Waals surface area contributed by atoms with Gasteiger partial charge >= 0.3 is 0 Å². The standard InChI is InChI=1S/C36H36ClN3O5/c1-3-21-38(26-13-9-6-10-14-26)33(42)30-29-19-20-36(45-29)31(30)34(43)40(28(23-41)24-11-7-5-8-12-24)32(36)35(44)39(22-4-2)27-17-15-25(37)16-18-27/h3-18,28-32,41H,1-2,19-23H2/t28-,29-,30+,31+,32?,36?/m1/s1. The summed E-state index contributed by atoms with van der Waals surface area (Å²) in [7, 11) is 0. The normalized spacial score (nSPS) is 25.5. The number of carbonyl (C=O) groups is 3. The Morgan fingerprint density at radius 1 is 0.933 bits per heavy atom. The van der Waals surface area contributed by atoms with Crippen molar-refractivity contribution < 1.29 is 24.2 Å². The van der Waals surface area contributed by atoms with Crippen molar-refractivity contribution in [3.05, 3.63) is 121 Å². The number of amides is 3. The molecule has 232 valence electrons. The molecule has 8 nitrogen and oxygen atoms in total. The van der Waals surface area contributed by atoms with Crippen LogP contribution in [0.1, 0.15) is 24.4 Å². The number of carbonyl (C=O) groups excluding carboxylic acids is 3. The first-order chi connectivity index (χ1) is 21.9. The van der Waals surface area contributed by atoms with Crippen LogP contribution < -0.4 is 9.80 Å². The number of anilines is 2. The molecule has 3 fully saturated rings. The van der Waals surface area contributed by atoms with Gasteiger partial charge in [-0.25, -0.2) is 0 Å². The van der Waals surface area contributed by atoms with E-state index in [-0.39, 0.29) is 30.8 Å². The Bertz CT molecular complexity index is 1580. The summed E-state index contributed by atoms with van der Waals surface area (Å²) < 4.78 is 6.72. The van der Waals surface area contributed by atoms with Crippen molar-refractivity contribution in [3.63, 3.8) is 0 Å². The zero-order valence-electron chi connectivity index (χ0n) is 24.9. The zero-order valence-corrected chi connectivity index (χ0v) is 25.6. The van der Waals surface area contributed by atoms with E-state index in [2.05, 4.69) is 13.2 Å². The van der Waals surface area contributed by atoms with Crippen LogP contribution in [0.2, 0.25) is 5.02 Å². The van der Waals surface area contributed by atoms with Crippen LogP contribution in [0, 0.1) is 11.8 Å². The Balaban J connectivity index is 1.47. The molecule has 0 radical (unpaired) electrons. The van der Waals surface area contributed by atoms with Gasteiger partial charge in [-0.2, -0.15) is 0 Å². The van der Waals surface area contributed by atoms with Gasteiger partial charge in [-0.3, -0.25) is 14.4 Å². The smallest absolute Gasteiger partial charge is 0.253 e. The number of likely N-dealkylation sites (tertiary alicyclic amines) is 1. The third kappa shape index (κ3) is 5.17. The van der Waals surface area contributed by atoms with E-state index in [1.807, 2.05) is 60.7 Å². The number of benzene rings is 3. The second-order valence-electron chi connectivity index (χ2n) is 11.7. The number of aliphatic hydroxyl groups excluding tert-OH is 1. The maximum absolute atomic E-state index is 14.9. The molecule has 0 aliphatic carbocycles. The Morgan fingerprint density at radius 3 is 2.11 bits per heavy atom. The van der Waals surface area contributed by atoms with Gasteiger partial charge in [0.25, 0.3) is 5.91 Å². The molecule has 1 spiro atoms. The van der Waals surface area contributed by atoms with Gasteiger partial charge in [0.1, 0.15) is 11.6 Å². The summed E-state index contributed by atoms with van der Waals surface area (Å²) in [6.07, 6.45) is 3.68. The quantitative estimate of drug-likeness (QED) is 0.297. The Morgan fingerprint density at radius 2 is 1.51 bits per heavy atom. The second kappa shape index (κ2) is 12.6. The number of ether oxygens (including phenoxy) is 1. The van der Waals surface area contributed by atoms with Crippen molar-refractivity contribution in [3.8, 4) is 0 Å². The lowest BCUT2D eigenvalue weighted by Gasteiger charge is -2.39. The molecule has 45 heavy (non-hydrogen) atoms. The molecule has 3 aliphatic heterocycles. The molecule has 3 aromatic rings. The van der Waals surface area contributed by atoms with Crippen LogP contribution in [0.3, 0.4) is 0 Å². The third-order valence-corrected chi connectivity index (χ3v) is 9.56. The molecule has 0 saturated carbocycles. The fourth-order valence-corrected chi connectivity index (χ4v) is 7.60. The van der Waals surface area contributed by atoms with Gasteiger partial charge in [-0.1, -0.05) is 72.3 Å². The fourth-order valence-electron chi connectivity index (χ4n) is 7.48. The number of hydrogen-bond donors (Lipinski definition) is 1. The van der Waals surface area contributed by atoms with E-state index in [9.17, 15) is 19.5 Å². The molecule has 3 saturated heterocycles. The van der Waals surface area contributed by atoms with Crippen LogP contribution in [0.5, 0.6) is 0 Å². The van der Waals surface area contributed by atoms with Crippen molar-refractivity contribution in [2.75, 3.05) is 29.5 Å². The van der Waals surface area contributed by atoms with Crippen LogP contribution in [0.15, 0.2) is 110 Å². The number of halogens is 1. The predicted octanol–water partition coefficient (Wildman–Crippen LogP) is 5.19. The minimum Gasteiger partial charge on any atom is -0.394 e. The molecule has 1 N–H and O–H groups in total. The van der Waals surface area contributed by atoms with E-state index in [0.29, 0.717) is 34.8 Å². The third-order valence-electron chi connectivity index (χ3n) is 9.31. The van der Waals surface area contributed by atoms with Gasteiger partial charge in [-0.05, 0) is 54.8 Å². The van der Waals surface area contributed by atoms with Crippen LogP contribution in [-0.2, 0) is 19.1 Å². The first-order valence-electron chi connectivity index (χ1n) is 15.2. The molecule has 2 unspecified atom stereocenters. The zero-order chi connectivity index (χ0) is 31.7. The summed E-state index contributed by atoms with van der Waals surface area (Å²) >= 11 is 6.17. The van der Waals surface area contributed by atoms with Gasteiger partial charge in [-0.15, -0.1) is 13.2 Å². The minimum absolute atomic E-state index is 0.168. The predicted molar refractivity (Wildman–Crippen MR) is 174 cm³/mol. The van der Waals surface area contributed by atoms with Gasteiger partial charge < -0.3 is 24.5 Å². The monoisotopic (exact) mass is 625 g/mol. The van der Waals surface area contributed by atoms with E-state index in [0.717, 1.165) is 0 Å². The summed E-state index contributed by atoms with van der Waals surface area (Å²) in [5, 5.41) is 11.3. The van der Waals surface area contributed by atoms with Crippen molar-refractivity contribution in [2.24, 2.45) is 11.8 Å². The highest BCUT2D eigenvalue weighted by Gasteiger charge is 2.75. The van der Waals surface area contributed by atoms with Crippen molar-refractivity contribution >= 4 is 40.7 Å². The molecule has 6 rings (SSSR count). The van der Waals surface area contributed by atoms with Gasteiger partial charge in [0.2, 0.25) is 11.8 Å². The number of aliphatic hydroxyl groups is 1. The fraction of sp³-hybridized carbons (Fsp3) is 0.306. The first kappa shape index (κ1) is 30.8. The molecular weight excluding hydrogens is 590 g/mol. The van der Waals surface area contributed by atoms with Crippen molar-refractivity contribution in [1.82, 2.24) is 4.90 Å². The Kier molecular flexibility index (Phi) is 8.64. The minimum atomic E-state index is -1.26. The molecule has 2 bridgehead atoms. The maximum Gasteiger partial charge on any atom is 0.253 e. The van der Waals surface area contributed by atoms with Gasteiger partial charge in [0.05, 0.1) is 30.6 Å².